The monoisotopic (exact) mass is 258 g/mol. The molecule has 1 heterocycles. The lowest BCUT2D eigenvalue weighted by molar-refractivity contribution is 0.0697. The van der Waals surface area contributed by atoms with E-state index < -0.39 is 5.97 Å². The number of nitrogens with zero attached hydrogens (tertiary/aromatic N) is 2. The molecule has 0 atom stereocenters. The van der Waals surface area contributed by atoms with Crippen molar-refractivity contribution in [2.45, 2.75) is 45.1 Å². The number of hydrogen-bond acceptors (Lipinski definition) is 2. The van der Waals surface area contributed by atoms with Crippen LogP contribution < -0.4 is 0 Å². The van der Waals surface area contributed by atoms with Crippen LogP contribution in [0.1, 0.15) is 54.8 Å². The minimum atomic E-state index is -0.875. The number of aromatic nitrogens is 2. The predicted molar refractivity (Wildman–Crippen MR) is 73.6 cm³/mol. The molecule has 0 radical (unpaired) electrons. The van der Waals surface area contributed by atoms with E-state index in [2.05, 4.69) is 16.5 Å². The maximum atomic E-state index is 11.1. The van der Waals surface area contributed by atoms with Crippen molar-refractivity contribution in [1.82, 2.24) is 9.55 Å². The first-order valence-corrected chi connectivity index (χ1v) is 6.95. The van der Waals surface area contributed by atoms with E-state index in [1.807, 2.05) is 6.07 Å². The number of aryl methyl sites for hydroxylation is 1. The van der Waals surface area contributed by atoms with Crippen molar-refractivity contribution in [2.24, 2.45) is 0 Å². The maximum absolute atomic E-state index is 11.1. The van der Waals surface area contributed by atoms with Gasteiger partial charge in [-0.15, -0.1) is 0 Å². The fourth-order valence-corrected chi connectivity index (χ4v) is 2.73. The summed E-state index contributed by atoms with van der Waals surface area (Å²) in [7, 11) is 0. The van der Waals surface area contributed by atoms with Gasteiger partial charge in [-0.05, 0) is 43.9 Å². The van der Waals surface area contributed by atoms with Crippen molar-refractivity contribution in [2.75, 3.05) is 0 Å². The van der Waals surface area contributed by atoms with Gasteiger partial charge in [0.25, 0.3) is 0 Å². The van der Waals surface area contributed by atoms with Crippen LogP contribution in [0, 0.1) is 0 Å². The predicted octanol–water partition coefficient (Wildman–Crippen LogP) is 3.41. The molecular weight excluding hydrogens is 240 g/mol. The molecule has 0 unspecified atom stereocenters. The molecule has 1 aromatic heterocycles. The van der Waals surface area contributed by atoms with Crippen LogP contribution in [0.4, 0.5) is 0 Å². The van der Waals surface area contributed by atoms with E-state index in [0.717, 1.165) is 29.7 Å². The lowest BCUT2D eigenvalue weighted by atomic mass is 9.92. The molecule has 0 bridgehead atoms. The summed E-state index contributed by atoms with van der Waals surface area (Å²) >= 11 is 0. The van der Waals surface area contributed by atoms with Crippen molar-refractivity contribution in [3.8, 4) is 0 Å². The molecule has 3 rings (SSSR count). The van der Waals surface area contributed by atoms with Crippen molar-refractivity contribution in [3.63, 3.8) is 0 Å². The molecule has 0 aliphatic heterocycles. The Morgan fingerprint density at radius 3 is 2.84 bits per heavy atom. The van der Waals surface area contributed by atoms with Gasteiger partial charge >= 0.3 is 5.97 Å². The quantitative estimate of drug-likeness (QED) is 0.914. The summed E-state index contributed by atoms with van der Waals surface area (Å²) in [6.45, 7) is 2.15. The average molecular weight is 258 g/mol. The van der Waals surface area contributed by atoms with Crippen LogP contribution in [0.3, 0.4) is 0 Å². The summed E-state index contributed by atoms with van der Waals surface area (Å²) in [6.07, 6.45) is 5.63. The SMILES string of the molecule is CCCc1nc2ccc(C(=O)O)cc2n1C1CCC1. The molecule has 1 aliphatic rings. The highest BCUT2D eigenvalue weighted by molar-refractivity contribution is 5.92. The lowest BCUT2D eigenvalue weighted by Crippen LogP contribution is -2.19. The number of benzene rings is 1. The van der Waals surface area contributed by atoms with Crippen LogP contribution in [0.5, 0.6) is 0 Å². The van der Waals surface area contributed by atoms with E-state index in [-0.39, 0.29) is 0 Å². The third kappa shape index (κ3) is 2.01. The number of carboxylic acid groups (broad SMARTS) is 1. The lowest BCUT2D eigenvalue weighted by Gasteiger charge is -2.29. The Bertz CT molecular complexity index is 626. The van der Waals surface area contributed by atoms with Crippen LogP contribution in [0.15, 0.2) is 18.2 Å². The maximum Gasteiger partial charge on any atom is 0.335 e. The first kappa shape index (κ1) is 12.2. The van der Waals surface area contributed by atoms with E-state index in [1.54, 1.807) is 12.1 Å². The van der Waals surface area contributed by atoms with Gasteiger partial charge in [0, 0.05) is 12.5 Å². The summed E-state index contributed by atoms with van der Waals surface area (Å²) in [6, 6.07) is 5.74. The standard InChI is InChI=1S/C15H18N2O2/c1-2-4-14-16-12-8-7-10(15(18)19)9-13(12)17(14)11-5-3-6-11/h7-9,11H,2-6H2,1H3,(H,18,19). The number of carboxylic acids is 1. The molecule has 1 aliphatic carbocycles. The van der Waals surface area contributed by atoms with Crippen LogP contribution in [0.2, 0.25) is 0 Å². The summed E-state index contributed by atoms with van der Waals surface area (Å²) in [5.41, 5.74) is 2.24. The number of aromatic carboxylic acids is 1. The van der Waals surface area contributed by atoms with Crippen molar-refractivity contribution in [1.29, 1.82) is 0 Å². The number of hydrogen-bond donors (Lipinski definition) is 1. The zero-order valence-electron chi connectivity index (χ0n) is 11.1. The van der Waals surface area contributed by atoms with E-state index in [9.17, 15) is 4.79 Å². The van der Waals surface area contributed by atoms with Gasteiger partial charge in [0.15, 0.2) is 0 Å². The fourth-order valence-electron chi connectivity index (χ4n) is 2.73. The highest BCUT2D eigenvalue weighted by Crippen LogP contribution is 2.36. The van der Waals surface area contributed by atoms with Gasteiger partial charge in [-0.3, -0.25) is 0 Å². The number of imidazole rings is 1. The number of carbonyl (C=O) groups is 1. The van der Waals surface area contributed by atoms with E-state index in [1.165, 1.54) is 19.3 Å². The molecule has 0 spiro atoms. The fraction of sp³-hybridized carbons (Fsp3) is 0.467. The van der Waals surface area contributed by atoms with E-state index in [4.69, 9.17) is 5.11 Å². The minimum Gasteiger partial charge on any atom is -0.478 e. The second-order valence-corrected chi connectivity index (χ2v) is 5.24. The summed E-state index contributed by atoms with van der Waals surface area (Å²) in [5, 5.41) is 9.13. The van der Waals surface area contributed by atoms with Gasteiger partial charge < -0.3 is 9.67 Å². The van der Waals surface area contributed by atoms with Gasteiger partial charge in [-0.25, -0.2) is 9.78 Å². The Kier molecular flexibility index (Phi) is 3.01. The third-order valence-corrected chi connectivity index (χ3v) is 3.92. The smallest absolute Gasteiger partial charge is 0.335 e. The zero-order valence-corrected chi connectivity index (χ0v) is 11.1. The number of fused-ring (bicyclic) bond motifs is 1. The molecule has 1 fully saturated rings. The second kappa shape index (κ2) is 4.68. The molecule has 0 amide bonds. The van der Waals surface area contributed by atoms with Crippen molar-refractivity contribution in [3.05, 3.63) is 29.6 Å². The summed E-state index contributed by atoms with van der Waals surface area (Å²) in [5.74, 6) is 0.227. The number of rotatable bonds is 4. The van der Waals surface area contributed by atoms with Gasteiger partial charge in [0.2, 0.25) is 0 Å². The van der Waals surface area contributed by atoms with Gasteiger partial charge in [-0.2, -0.15) is 0 Å². The molecule has 4 heteroatoms. The Labute approximate surface area is 112 Å². The third-order valence-electron chi connectivity index (χ3n) is 3.92. The Hall–Kier alpha value is -1.84. The first-order valence-electron chi connectivity index (χ1n) is 6.95. The van der Waals surface area contributed by atoms with Crippen molar-refractivity contribution >= 4 is 17.0 Å². The molecule has 1 saturated carbocycles. The molecule has 100 valence electrons. The highest BCUT2D eigenvalue weighted by atomic mass is 16.4. The van der Waals surface area contributed by atoms with Crippen LogP contribution >= 0.6 is 0 Å². The molecule has 0 saturated heterocycles. The highest BCUT2D eigenvalue weighted by Gasteiger charge is 2.24. The molecule has 4 nitrogen and oxygen atoms in total. The summed E-state index contributed by atoms with van der Waals surface area (Å²) in [4.78, 5) is 15.8. The van der Waals surface area contributed by atoms with Gasteiger partial charge in [0.05, 0.1) is 16.6 Å². The molecule has 19 heavy (non-hydrogen) atoms. The Morgan fingerprint density at radius 2 is 2.26 bits per heavy atom. The molecule has 1 aromatic carbocycles. The van der Waals surface area contributed by atoms with Gasteiger partial charge in [0.1, 0.15) is 5.82 Å². The van der Waals surface area contributed by atoms with Gasteiger partial charge in [-0.1, -0.05) is 6.92 Å². The van der Waals surface area contributed by atoms with E-state index >= 15 is 0 Å². The Balaban J connectivity index is 2.17. The average Bonchev–Trinajstić information content (AvgIpc) is 2.66. The first-order chi connectivity index (χ1) is 9.20. The van der Waals surface area contributed by atoms with Crippen LogP contribution in [0.25, 0.3) is 11.0 Å². The van der Waals surface area contributed by atoms with Crippen LogP contribution in [-0.4, -0.2) is 20.6 Å². The topological polar surface area (TPSA) is 55.1 Å². The molecular formula is C15H18N2O2. The largest absolute Gasteiger partial charge is 0.478 e. The molecule has 2 aromatic rings. The minimum absolute atomic E-state index is 0.344. The second-order valence-electron chi connectivity index (χ2n) is 5.24. The normalized spacial score (nSPS) is 15.6. The summed E-state index contributed by atoms with van der Waals surface area (Å²) < 4.78 is 2.27. The van der Waals surface area contributed by atoms with Crippen LogP contribution in [-0.2, 0) is 6.42 Å². The zero-order chi connectivity index (χ0) is 13.4. The van der Waals surface area contributed by atoms with E-state index in [0.29, 0.717) is 11.6 Å². The molecule has 1 N–H and O–H groups in total. The Morgan fingerprint density at radius 1 is 1.47 bits per heavy atom. The van der Waals surface area contributed by atoms with Crippen molar-refractivity contribution < 1.29 is 9.90 Å².